The van der Waals surface area contributed by atoms with E-state index in [-0.39, 0.29) is 11.6 Å². The van der Waals surface area contributed by atoms with Gasteiger partial charge in [-0.2, -0.15) is 0 Å². The molecule has 0 atom stereocenters. The van der Waals surface area contributed by atoms with Gasteiger partial charge >= 0.3 is 0 Å². The lowest BCUT2D eigenvalue weighted by molar-refractivity contribution is 0.0843. The van der Waals surface area contributed by atoms with Gasteiger partial charge in [0.2, 0.25) is 0 Å². The predicted octanol–water partition coefficient (Wildman–Crippen LogP) is 1.43. The summed E-state index contributed by atoms with van der Waals surface area (Å²) in [6.07, 6.45) is 3.69. The van der Waals surface area contributed by atoms with Crippen LogP contribution in [0.5, 0.6) is 0 Å². The van der Waals surface area contributed by atoms with E-state index in [2.05, 4.69) is 20.8 Å². The van der Waals surface area contributed by atoms with Crippen molar-refractivity contribution in [3.05, 3.63) is 59.7 Å². The number of carbonyl (C=O) groups is 2. The molecule has 0 spiro atoms. The Bertz CT molecular complexity index is 668. The Morgan fingerprint density at radius 1 is 1.00 bits per heavy atom. The van der Waals surface area contributed by atoms with Gasteiger partial charge in [-0.1, -0.05) is 18.2 Å². The second kappa shape index (κ2) is 5.70. The van der Waals surface area contributed by atoms with Crippen LogP contribution >= 0.6 is 0 Å². The quantitative estimate of drug-likeness (QED) is 0.834. The Balaban J connectivity index is 1.61. The number of hydrogen-bond donors (Lipinski definition) is 2. The second-order valence-corrected chi connectivity index (χ2v) is 4.85. The maximum absolute atomic E-state index is 12.0. The molecule has 2 N–H and O–H groups in total. The van der Waals surface area contributed by atoms with E-state index in [4.69, 9.17) is 0 Å². The van der Waals surface area contributed by atoms with Crippen LogP contribution in [0.25, 0.3) is 0 Å². The van der Waals surface area contributed by atoms with E-state index < -0.39 is 5.91 Å². The minimum atomic E-state index is -0.455. The molecule has 0 saturated heterocycles. The summed E-state index contributed by atoms with van der Waals surface area (Å²) >= 11 is 0. The normalized spacial score (nSPS) is 13.5. The van der Waals surface area contributed by atoms with Gasteiger partial charge in [0.25, 0.3) is 11.8 Å². The molecule has 3 rings (SSSR count). The van der Waals surface area contributed by atoms with Crippen molar-refractivity contribution in [2.45, 2.75) is 18.8 Å². The lowest BCUT2D eigenvalue weighted by Crippen LogP contribution is -2.42. The molecular weight excluding hydrogens is 268 g/mol. The van der Waals surface area contributed by atoms with Crippen LogP contribution in [0.15, 0.2) is 42.6 Å². The highest BCUT2D eigenvalue weighted by molar-refractivity contribution is 5.98. The van der Waals surface area contributed by atoms with Gasteiger partial charge in [0.1, 0.15) is 11.5 Å². The van der Waals surface area contributed by atoms with E-state index >= 15 is 0 Å². The third kappa shape index (κ3) is 3.22. The summed E-state index contributed by atoms with van der Waals surface area (Å²) in [4.78, 5) is 32.1. The maximum atomic E-state index is 12.0. The monoisotopic (exact) mass is 282 g/mol. The molecule has 21 heavy (non-hydrogen) atoms. The Labute approximate surface area is 121 Å². The van der Waals surface area contributed by atoms with Gasteiger partial charge in [0, 0.05) is 17.7 Å². The molecule has 6 nitrogen and oxygen atoms in total. The molecule has 1 aromatic heterocycles. The number of amides is 2. The first-order valence-electron chi connectivity index (χ1n) is 6.73. The lowest BCUT2D eigenvalue weighted by Gasteiger charge is -2.07. The number of rotatable bonds is 3. The van der Waals surface area contributed by atoms with Crippen LogP contribution in [0.2, 0.25) is 0 Å². The number of benzene rings is 1. The largest absolute Gasteiger partial charge is 0.288 e. The highest BCUT2D eigenvalue weighted by Gasteiger charge is 2.27. The van der Waals surface area contributed by atoms with Crippen molar-refractivity contribution in [1.29, 1.82) is 0 Å². The molecule has 2 amide bonds. The zero-order valence-electron chi connectivity index (χ0n) is 11.2. The molecule has 0 bridgehead atoms. The van der Waals surface area contributed by atoms with Crippen molar-refractivity contribution in [1.82, 2.24) is 20.8 Å². The van der Waals surface area contributed by atoms with E-state index in [0.717, 1.165) is 12.8 Å². The molecule has 2 aromatic rings. The summed E-state index contributed by atoms with van der Waals surface area (Å²) in [5.74, 6) is 0.234. The predicted molar refractivity (Wildman–Crippen MR) is 75.4 cm³/mol. The number of hydrazine groups is 1. The Kier molecular flexibility index (Phi) is 3.59. The van der Waals surface area contributed by atoms with Crippen LogP contribution in [-0.2, 0) is 0 Å². The van der Waals surface area contributed by atoms with E-state index in [0.29, 0.717) is 17.3 Å². The summed E-state index contributed by atoms with van der Waals surface area (Å²) < 4.78 is 0. The lowest BCUT2D eigenvalue weighted by atomic mass is 10.2. The number of hydrogen-bond acceptors (Lipinski definition) is 4. The summed E-state index contributed by atoms with van der Waals surface area (Å²) in [6, 6.07) is 10.2. The van der Waals surface area contributed by atoms with Gasteiger partial charge in [0.05, 0.1) is 0 Å². The number of carbonyl (C=O) groups excluding carboxylic acids is 2. The van der Waals surface area contributed by atoms with Crippen LogP contribution in [0, 0.1) is 0 Å². The summed E-state index contributed by atoms with van der Waals surface area (Å²) in [5, 5.41) is 0. The van der Waals surface area contributed by atoms with Gasteiger partial charge in [-0.05, 0) is 31.0 Å². The first-order valence-corrected chi connectivity index (χ1v) is 6.73. The van der Waals surface area contributed by atoms with Crippen LogP contribution < -0.4 is 10.9 Å². The van der Waals surface area contributed by atoms with Crippen molar-refractivity contribution in [3.8, 4) is 0 Å². The van der Waals surface area contributed by atoms with Gasteiger partial charge in [-0.15, -0.1) is 0 Å². The summed E-state index contributed by atoms with van der Waals surface area (Å²) in [5.41, 5.74) is 5.44. The fourth-order valence-corrected chi connectivity index (χ4v) is 1.88. The van der Waals surface area contributed by atoms with Gasteiger partial charge in [0.15, 0.2) is 0 Å². The molecule has 6 heteroatoms. The second-order valence-electron chi connectivity index (χ2n) is 4.85. The zero-order chi connectivity index (χ0) is 14.7. The topological polar surface area (TPSA) is 84.0 Å². The molecule has 1 aromatic carbocycles. The van der Waals surface area contributed by atoms with Gasteiger partial charge in [-0.3, -0.25) is 20.4 Å². The maximum Gasteiger partial charge on any atom is 0.288 e. The molecule has 1 aliphatic rings. The van der Waals surface area contributed by atoms with Crippen LogP contribution in [-0.4, -0.2) is 21.8 Å². The average molecular weight is 282 g/mol. The molecule has 106 valence electrons. The Morgan fingerprint density at radius 2 is 1.71 bits per heavy atom. The molecule has 0 radical (unpaired) electrons. The van der Waals surface area contributed by atoms with E-state index in [1.54, 1.807) is 30.5 Å². The van der Waals surface area contributed by atoms with Crippen LogP contribution in [0.4, 0.5) is 0 Å². The number of nitrogens with zero attached hydrogens (tertiary/aromatic N) is 2. The average Bonchev–Trinajstić information content (AvgIpc) is 3.38. The van der Waals surface area contributed by atoms with Crippen molar-refractivity contribution < 1.29 is 9.59 Å². The molecular formula is C15H14N4O2. The first-order chi connectivity index (χ1) is 10.2. The first kappa shape index (κ1) is 13.2. The number of nitrogens with one attached hydrogen (secondary N) is 2. The van der Waals surface area contributed by atoms with Gasteiger partial charge in [-0.25, -0.2) is 9.97 Å². The summed E-state index contributed by atoms with van der Waals surface area (Å²) in [7, 11) is 0. The van der Waals surface area contributed by atoms with Crippen LogP contribution in [0.3, 0.4) is 0 Å². The third-order valence-electron chi connectivity index (χ3n) is 3.17. The minimum absolute atomic E-state index is 0.250. The van der Waals surface area contributed by atoms with E-state index in [9.17, 15) is 9.59 Å². The van der Waals surface area contributed by atoms with Crippen LogP contribution in [0.1, 0.15) is 45.4 Å². The van der Waals surface area contributed by atoms with E-state index in [1.807, 2.05) is 6.07 Å². The molecule has 0 aliphatic heterocycles. The Hall–Kier alpha value is -2.76. The van der Waals surface area contributed by atoms with Gasteiger partial charge < -0.3 is 0 Å². The molecule has 1 saturated carbocycles. The molecule has 0 unspecified atom stereocenters. The zero-order valence-corrected chi connectivity index (χ0v) is 11.2. The highest BCUT2D eigenvalue weighted by Crippen LogP contribution is 2.37. The van der Waals surface area contributed by atoms with Crippen molar-refractivity contribution >= 4 is 11.8 Å². The molecule has 1 heterocycles. The van der Waals surface area contributed by atoms with Crippen molar-refractivity contribution in [3.63, 3.8) is 0 Å². The summed E-state index contributed by atoms with van der Waals surface area (Å²) in [6.45, 7) is 0. The number of aromatic nitrogens is 2. The van der Waals surface area contributed by atoms with E-state index in [1.165, 1.54) is 6.07 Å². The molecule has 1 fully saturated rings. The fourth-order valence-electron chi connectivity index (χ4n) is 1.88. The standard InChI is InChI=1S/C15H14N4O2/c20-14(11-4-2-1-3-5-11)18-19-15(21)12-8-9-16-13(17-12)10-6-7-10/h1-5,8-10H,6-7H2,(H,18,20)(H,19,21). The molecule has 1 aliphatic carbocycles. The Morgan fingerprint density at radius 3 is 2.43 bits per heavy atom. The minimum Gasteiger partial charge on any atom is -0.267 e. The fraction of sp³-hybridized carbons (Fsp3) is 0.200. The highest BCUT2D eigenvalue weighted by atomic mass is 16.2. The van der Waals surface area contributed by atoms with Crippen molar-refractivity contribution in [2.75, 3.05) is 0 Å². The smallest absolute Gasteiger partial charge is 0.267 e. The third-order valence-corrected chi connectivity index (χ3v) is 3.17. The SMILES string of the molecule is O=C(NNC(=O)c1ccnc(C2CC2)n1)c1ccccc1. The van der Waals surface area contributed by atoms with Crippen molar-refractivity contribution in [2.24, 2.45) is 0 Å².